The lowest BCUT2D eigenvalue weighted by Crippen LogP contribution is -2.39. The summed E-state index contributed by atoms with van der Waals surface area (Å²) in [5, 5.41) is 3.35. The number of nitrogens with one attached hydrogen (secondary N) is 1. The number of rotatable bonds is 6. The van der Waals surface area contributed by atoms with Crippen LogP contribution in [-0.4, -0.2) is 48.5 Å². The van der Waals surface area contributed by atoms with Gasteiger partial charge in [-0.3, -0.25) is 4.79 Å². The number of hydrogen-bond acceptors (Lipinski definition) is 3. The number of nitrogens with zero attached hydrogens (tertiary/aromatic N) is 1. The van der Waals surface area contributed by atoms with Crippen LogP contribution in [0.15, 0.2) is 0 Å². The zero-order valence-corrected chi connectivity index (χ0v) is 13.6. The molecule has 0 bridgehead atoms. The average Bonchev–Trinajstić information content (AvgIpc) is 2.73. The van der Waals surface area contributed by atoms with Crippen molar-refractivity contribution in [2.45, 2.75) is 32.4 Å². The zero-order valence-electron chi connectivity index (χ0n) is 11.9. The second-order valence-corrected chi connectivity index (χ2v) is 6.54. The lowest BCUT2D eigenvalue weighted by atomic mass is 10.1. The summed E-state index contributed by atoms with van der Waals surface area (Å²) in [6.07, 6.45) is 1.15. The van der Waals surface area contributed by atoms with E-state index in [4.69, 9.17) is 0 Å². The van der Waals surface area contributed by atoms with Gasteiger partial charge in [0.2, 0.25) is 5.91 Å². The van der Waals surface area contributed by atoms with Gasteiger partial charge in [0.05, 0.1) is 5.25 Å². The van der Waals surface area contributed by atoms with Crippen molar-refractivity contribution in [3.05, 3.63) is 0 Å². The molecule has 0 radical (unpaired) electrons. The minimum absolute atomic E-state index is 0. The van der Waals surface area contributed by atoms with Crippen LogP contribution in [0.25, 0.3) is 0 Å². The summed E-state index contributed by atoms with van der Waals surface area (Å²) in [6.45, 7) is 9.32. The van der Waals surface area contributed by atoms with E-state index in [2.05, 4.69) is 31.0 Å². The molecule has 1 fully saturated rings. The molecule has 2 unspecified atom stereocenters. The van der Waals surface area contributed by atoms with E-state index in [1.54, 1.807) is 11.8 Å². The monoisotopic (exact) mass is 294 g/mol. The van der Waals surface area contributed by atoms with Crippen LogP contribution in [0.3, 0.4) is 0 Å². The molecule has 1 amide bonds. The van der Waals surface area contributed by atoms with Crippen molar-refractivity contribution >= 4 is 30.1 Å². The van der Waals surface area contributed by atoms with Crippen LogP contribution < -0.4 is 5.32 Å². The number of hydrogen-bond donors (Lipinski definition) is 1. The van der Waals surface area contributed by atoms with E-state index in [0.717, 1.165) is 31.8 Å². The molecule has 108 valence electrons. The van der Waals surface area contributed by atoms with E-state index in [-0.39, 0.29) is 17.7 Å². The third-order valence-electron chi connectivity index (χ3n) is 3.29. The highest BCUT2D eigenvalue weighted by molar-refractivity contribution is 8.00. The quantitative estimate of drug-likeness (QED) is 0.815. The van der Waals surface area contributed by atoms with Crippen LogP contribution in [0.1, 0.15) is 27.2 Å². The van der Waals surface area contributed by atoms with Gasteiger partial charge in [0.1, 0.15) is 0 Å². The highest BCUT2D eigenvalue weighted by atomic mass is 35.5. The Morgan fingerprint density at radius 3 is 2.67 bits per heavy atom. The van der Waals surface area contributed by atoms with Gasteiger partial charge in [0.15, 0.2) is 0 Å². The molecule has 0 aromatic rings. The standard InChI is InChI=1S/C13H26N2OS.ClH/c1-5-17-12(10(2)3)13(16)15-7-6-11(9-15)8-14-4;/h10-12,14H,5-9H2,1-4H3;1H. The zero-order chi connectivity index (χ0) is 12.8. The molecule has 1 rings (SSSR count). The summed E-state index contributed by atoms with van der Waals surface area (Å²) >= 11 is 1.79. The first-order chi connectivity index (χ1) is 8.10. The SMILES string of the molecule is CCSC(C(=O)N1CCC(CNC)C1)C(C)C.Cl. The van der Waals surface area contributed by atoms with Gasteiger partial charge in [-0.15, -0.1) is 24.2 Å². The molecule has 1 N–H and O–H groups in total. The summed E-state index contributed by atoms with van der Waals surface area (Å²) < 4.78 is 0. The van der Waals surface area contributed by atoms with Gasteiger partial charge in [-0.25, -0.2) is 0 Å². The lowest BCUT2D eigenvalue weighted by molar-refractivity contribution is -0.130. The summed E-state index contributed by atoms with van der Waals surface area (Å²) in [4.78, 5) is 14.5. The van der Waals surface area contributed by atoms with E-state index in [1.807, 2.05) is 7.05 Å². The number of carbonyl (C=O) groups excluding carboxylic acids is 1. The molecule has 1 heterocycles. The molecule has 0 aromatic heterocycles. The maximum absolute atomic E-state index is 12.4. The average molecular weight is 295 g/mol. The van der Waals surface area contributed by atoms with Gasteiger partial charge in [-0.05, 0) is 37.6 Å². The van der Waals surface area contributed by atoms with Crippen LogP contribution in [0.4, 0.5) is 0 Å². The summed E-state index contributed by atoms with van der Waals surface area (Å²) in [5.74, 6) is 2.44. The van der Waals surface area contributed by atoms with Crippen LogP contribution in [0, 0.1) is 11.8 Å². The Morgan fingerprint density at radius 1 is 1.50 bits per heavy atom. The molecule has 5 heteroatoms. The van der Waals surface area contributed by atoms with E-state index in [0.29, 0.717) is 17.7 Å². The van der Waals surface area contributed by atoms with E-state index in [9.17, 15) is 4.79 Å². The Morgan fingerprint density at radius 2 is 2.17 bits per heavy atom. The Kier molecular flexibility index (Phi) is 9.09. The van der Waals surface area contributed by atoms with Gasteiger partial charge < -0.3 is 10.2 Å². The predicted octanol–water partition coefficient (Wildman–Crippen LogP) is 2.25. The molecule has 1 aliphatic heterocycles. The lowest BCUT2D eigenvalue weighted by Gasteiger charge is -2.25. The van der Waals surface area contributed by atoms with Crippen molar-refractivity contribution in [3.8, 4) is 0 Å². The second-order valence-electron chi connectivity index (χ2n) is 5.12. The molecule has 1 saturated heterocycles. The topological polar surface area (TPSA) is 32.3 Å². The fourth-order valence-electron chi connectivity index (χ4n) is 2.40. The summed E-state index contributed by atoms with van der Waals surface area (Å²) in [7, 11) is 1.98. The maximum atomic E-state index is 12.4. The third kappa shape index (κ3) is 4.98. The van der Waals surface area contributed by atoms with Crippen molar-refractivity contribution in [1.82, 2.24) is 10.2 Å². The Balaban J connectivity index is 0.00000289. The Labute approximate surface area is 122 Å². The van der Waals surface area contributed by atoms with Crippen LogP contribution in [0.2, 0.25) is 0 Å². The normalized spacial score (nSPS) is 20.9. The fraction of sp³-hybridized carbons (Fsp3) is 0.923. The van der Waals surface area contributed by atoms with Gasteiger partial charge in [-0.1, -0.05) is 20.8 Å². The molecule has 0 aliphatic carbocycles. The van der Waals surface area contributed by atoms with Gasteiger partial charge >= 0.3 is 0 Å². The summed E-state index contributed by atoms with van der Waals surface area (Å²) in [6, 6.07) is 0. The molecule has 1 aliphatic rings. The first-order valence-corrected chi connectivity index (χ1v) is 7.70. The molecule has 3 nitrogen and oxygen atoms in total. The largest absolute Gasteiger partial charge is 0.341 e. The van der Waals surface area contributed by atoms with Crippen LogP contribution >= 0.6 is 24.2 Å². The van der Waals surface area contributed by atoms with E-state index in [1.165, 1.54) is 0 Å². The molecule has 2 atom stereocenters. The Hall–Kier alpha value is 0.0700. The smallest absolute Gasteiger partial charge is 0.235 e. The molecule has 0 spiro atoms. The van der Waals surface area contributed by atoms with Crippen LogP contribution in [-0.2, 0) is 4.79 Å². The fourth-order valence-corrected chi connectivity index (χ4v) is 3.43. The van der Waals surface area contributed by atoms with Gasteiger partial charge in [0, 0.05) is 13.1 Å². The Bertz CT molecular complexity index is 251. The van der Waals surface area contributed by atoms with Crippen molar-refractivity contribution < 1.29 is 4.79 Å². The maximum Gasteiger partial charge on any atom is 0.235 e. The van der Waals surface area contributed by atoms with Crippen molar-refractivity contribution in [1.29, 1.82) is 0 Å². The highest BCUT2D eigenvalue weighted by Gasteiger charge is 2.31. The first kappa shape index (κ1) is 18.1. The number of likely N-dealkylation sites (tertiary alicyclic amines) is 1. The van der Waals surface area contributed by atoms with Crippen molar-refractivity contribution in [2.24, 2.45) is 11.8 Å². The minimum atomic E-state index is 0. The van der Waals surface area contributed by atoms with E-state index >= 15 is 0 Å². The minimum Gasteiger partial charge on any atom is -0.341 e. The highest BCUT2D eigenvalue weighted by Crippen LogP contribution is 2.25. The first-order valence-electron chi connectivity index (χ1n) is 6.65. The van der Waals surface area contributed by atoms with E-state index < -0.39 is 0 Å². The molecular formula is C13H27ClN2OS. The number of amides is 1. The van der Waals surface area contributed by atoms with Crippen molar-refractivity contribution in [2.75, 3.05) is 32.4 Å². The molecule has 0 saturated carbocycles. The summed E-state index contributed by atoms with van der Waals surface area (Å²) in [5.41, 5.74) is 0. The van der Waals surface area contributed by atoms with Crippen LogP contribution in [0.5, 0.6) is 0 Å². The molecule has 18 heavy (non-hydrogen) atoms. The third-order valence-corrected chi connectivity index (χ3v) is 4.72. The number of halogens is 1. The molecular weight excluding hydrogens is 268 g/mol. The number of thioether (sulfide) groups is 1. The van der Waals surface area contributed by atoms with Gasteiger partial charge in [0.25, 0.3) is 0 Å². The number of carbonyl (C=O) groups is 1. The second kappa shape index (κ2) is 9.05. The van der Waals surface area contributed by atoms with Crippen molar-refractivity contribution in [3.63, 3.8) is 0 Å². The van der Waals surface area contributed by atoms with Gasteiger partial charge in [-0.2, -0.15) is 0 Å². The molecule has 0 aromatic carbocycles. The predicted molar refractivity (Wildman–Crippen MR) is 82.6 cm³/mol.